The first-order valence-electron chi connectivity index (χ1n) is 6.40. The van der Waals surface area contributed by atoms with Crippen molar-refractivity contribution >= 4 is 0 Å². The molecule has 2 aromatic rings. The second-order valence-corrected chi connectivity index (χ2v) is 5.00. The monoisotopic (exact) mass is 243 g/mol. The Kier molecular flexibility index (Phi) is 3.82. The van der Waals surface area contributed by atoms with E-state index in [1.54, 1.807) is 0 Å². The average Bonchev–Trinajstić information content (AvgIpc) is 2.81. The van der Waals surface area contributed by atoms with Crippen LogP contribution in [0.3, 0.4) is 0 Å². The molecule has 18 heavy (non-hydrogen) atoms. The van der Waals surface area contributed by atoms with E-state index in [1.807, 2.05) is 12.4 Å². The maximum absolute atomic E-state index is 3.99. The molecule has 0 spiro atoms. The maximum Gasteiger partial charge on any atom is 0.0534 e. The number of rotatable bonds is 4. The molecular weight excluding hydrogens is 222 g/mol. The van der Waals surface area contributed by atoms with Crippen LogP contribution in [-0.4, -0.2) is 10.2 Å². The SMILES string of the molecule is Cc1ccc(C(C)NC(C)c2cn[nH]c2)c(C)c1. The molecule has 0 saturated carbocycles. The van der Waals surface area contributed by atoms with Gasteiger partial charge in [0.25, 0.3) is 0 Å². The molecule has 3 nitrogen and oxygen atoms in total. The molecule has 0 aliphatic carbocycles. The van der Waals surface area contributed by atoms with E-state index in [4.69, 9.17) is 0 Å². The van der Waals surface area contributed by atoms with Gasteiger partial charge in [-0.2, -0.15) is 5.10 Å². The Labute approximate surface area is 109 Å². The first-order valence-corrected chi connectivity index (χ1v) is 6.40. The standard InChI is InChI=1S/C15H21N3/c1-10-5-6-15(11(2)7-10)13(4)18-12(3)14-8-16-17-9-14/h5-9,12-13,18H,1-4H3,(H,16,17). The summed E-state index contributed by atoms with van der Waals surface area (Å²) in [6, 6.07) is 7.23. The second-order valence-electron chi connectivity index (χ2n) is 5.00. The highest BCUT2D eigenvalue weighted by Gasteiger charge is 2.13. The quantitative estimate of drug-likeness (QED) is 0.863. The fourth-order valence-corrected chi connectivity index (χ4v) is 2.37. The first kappa shape index (κ1) is 12.8. The van der Waals surface area contributed by atoms with Crippen LogP contribution in [0, 0.1) is 13.8 Å². The van der Waals surface area contributed by atoms with Crippen LogP contribution in [0.5, 0.6) is 0 Å². The number of H-pyrrole nitrogens is 1. The number of hydrogen-bond donors (Lipinski definition) is 2. The zero-order chi connectivity index (χ0) is 13.1. The van der Waals surface area contributed by atoms with Gasteiger partial charge in [0.15, 0.2) is 0 Å². The molecule has 2 atom stereocenters. The van der Waals surface area contributed by atoms with E-state index < -0.39 is 0 Å². The summed E-state index contributed by atoms with van der Waals surface area (Å²) in [6.07, 6.45) is 3.80. The highest BCUT2D eigenvalue weighted by Crippen LogP contribution is 2.22. The summed E-state index contributed by atoms with van der Waals surface area (Å²) in [5, 5.41) is 10.4. The molecule has 0 saturated heterocycles. The smallest absolute Gasteiger partial charge is 0.0534 e. The molecule has 3 heteroatoms. The van der Waals surface area contributed by atoms with Crippen molar-refractivity contribution in [1.29, 1.82) is 0 Å². The van der Waals surface area contributed by atoms with Crippen molar-refractivity contribution in [3.8, 4) is 0 Å². The zero-order valence-electron chi connectivity index (χ0n) is 11.5. The lowest BCUT2D eigenvalue weighted by molar-refractivity contribution is 0.493. The van der Waals surface area contributed by atoms with Gasteiger partial charge in [0.1, 0.15) is 0 Å². The van der Waals surface area contributed by atoms with Crippen LogP contribution in [0.15, 0.2) is 30.6 Å². The highest BCUT2D eigenvalue weighted by atomic mass is 15.1. The van der Waals surface area contributed by atoms with Crippen LogP contribution in [0.4, 0.5) is 0 Å². The van der Waals surface area contributed by atoms with E-state index in [0.717, 1.165) is 0 Å². The summed E-state index contributed by atoms with van der Waals surface area (Å²) >= 11 is 0. The Bertz CT molecular complexity index is 502. The predicted molar refractivity (Wildman–Crippen MR) is 74.5 cm³/mol. The Hall–Kier alpha value is -1.61. The minimum atomic E-state index is 0.291. The molecule has 0 amide bonds. The molecule has 0 fully saturated rings. The van der Waals surface area contributed by atoms with E-state index in [-0.39, 0.29) is 0 Å². The van der Waals surface area contributed by atoms with Gasteiger partial charge in [-0.15, -0.1) is 0 Å². The number of aryl methyl sites for hydroxylation is 2. The molecule has 0 bridgehead atoms. The second kappa shape index (κ2) is 5.36. The Morgan fingerprint density at radius 2 is 1.94 bits per heavy atom. The molecule has 0 radical (unpaired) electrons. The molecule has 2 N–H and O–H groups in total. The molecule has 0 aliphatic heterocycles. The summed E-state index contributed by atoms with van der Waals surface area (Å²) < 4.78 is 0. The zero-order valence-corrected chi connectivity index (χ0v) is 11.5. The molecule has 1 heterocycles. The maximum atomic E-state index is 3.99. The molecule has 96 valence electrons. The minimum absolute atomic E-state index is 0.291. The Morgan fingerprint density at radius 3 is 2.56 bits per heavy atom. The number of benzene rings is 1. The van der Waals surface area contributed by atoms with Crippen LogP contribution >= 0.6 is 0 Å². The number of aromatic nitrogens is 2. The molecule has 1 aromatic carbocycles. The molecule has 1 aromatic heterocycles. The summed E-state index contributed by atoms with van der Waals surface area (Å²) in [7, 11) is 0. The fourth-order valence-electron chi connectivity index (χ4n) is 2.37. The molecule has 0 aliphatic rings. The summed E-state index contributed by atoms with van der Waals surface area (Å²) in [5.74, 6) is 0. The van der Waals surface area contributed by atoms with Crippen LogP contribution in [0.1, 0.15) is 48.2 Å². The largest absolute Gasteiger partial charge is 0.304 e. The van der Waals surface area contributed by atoms with Crippen LogP contribution in [0.25, 0.3) is 0 Å². The van der Waals surface area contributed by atoms with E-state index in [0.29, 0.717) is 12.1 Å². The normalized spacial score (nSPS) is 14.4. The van der Waals surface area contributed by atoms with E-state index in [9.17, 15) is 0 Å². The van der Waals surface area contributed by atoms with Crippen LogP contribution < -0.4 is 5.32 Å². The third-order valence-electron chi connectivity index (χ3n) is 3.41. The van der Waals surface area contributed by atoms with Gasteiger partial charge in [0.05, 0.1) is 6.20 Å². The number of hydrogen-bond acceptors (Lipinski definition) is 2. The fraction of sp³-hybridized carbons (Fsp3) is 0.400. The summed E-state index contributed by atoms with van der Waals surface area (Å²) in [6.45, 7) is 8.66. The van der Waals surface area contributed by atoms with Gasteiger partial charge in [0.2, 0.25) is 0 Å². The van der Waals surface area contributed by atoms with E-state index >= 15 is 0 Å². The number of nitrogens with one attached hydrogen (secondary N) is 2. The van der Waals surface area contributed by atoms with Gasteiger partial charge in [-0.25, -0.2) is 0 Å². The number of aromatic amines is 1. The third kappa shape index (κ3) is 2.79. The minimum Gasteiger partial charge on any atom is -0.304 e. The van der Waals surface area contributed by atoms with Crippen molar-refractivity contribution in [1.82, 2.24) is 15.5 Å². The highest BCUT2D eigenvalue weighted by molar-refractivity contribution is 5.32. The lowest BCUT2D eigenvalue weighted by atomic mass is 9.99. The van der Waals surface area contributed by atoms with Crippen LogP contribution in [-0.2, 0) is 0 Å². The Morgan fingerprint density at radius 1 is 1.17 bits per heavy atom. The van der Waals surface area contributed by atoms with Gasteiger partial charge in [0, 0.05) is 23.8 Å². The van der Waals surface area contributed by atoms with Gasteiger partial charge < -0.3 is 5.32 Å². The van der Waals surface area contributed by atoms with Gasteiger partial charge >= 0.3 is 0 Å². The Balaban J connectivity index is 2.10. The lowest BCUT2D eigenvalue weighted by Crippen LogP contribution is -2.22. The van der Waals surface area contributed by atoms with Crippen molar-refractivity contribution in [2.24, 2.45) is 0 Å². The third-order valence-corrected chi connectivity index (χ3v) is 3.41. The number of nitrogens with zero attached hydrogens (tertiary/aromatic N) is 1. The molecular formula is C15H21N3. The summed E-state index contributed by atoms with van der Waals surface area (Å²) in [5.41, 5.74) is 5.20. The van der Waals surface area contributed by atoms with Crippen molar-refractivity contribution in [2.45, 2.75) is 39.8 Å². The molecule has 2 unspecified atom stereocenters. The van der Waals surface area contributed by atoms with Crippen LogP contribution in [0.2, 0.25) is 0 Å². The van der Waals surface area contributed by atoms with Crippen molar-refractivity contribution in [3.05, 3.63) is 52.8 Å². The first-order chi connectivity index (χ1) is 8.58. The average molecular weight is 243 g/mol. The predicted octanol–water partition coefficient (Wildman–Crippen LogP) is 3.44. The lowest BCUT2D eigenvalue weighted by Gasteiger charge is -2.21. The van der Waals surface area contributed by atoms with Gasteiger partial charge in [-0.1, -0.05) is 23.8 Å². The van der Waals surface area contributed by atoms with Gasteiger partial charge in [-0.3, -0.25) is 5.10 Å². The van der Waals surface area contributed by atoms with Crippen molar-refractivity contribution in [3.63, 3.8) is 0 Å². The van der Waals surface area contributed by atoms with Crippen molar-refractivity contribution in [2.75, 3.05) is 0 Å². The van der Waals surface area contributed by atoms with Gasteiger partial charge in [-0.05, 0) is 38.8 Å². The summed E-state index contributed by atoms with van der Waals surface area (Å²) in [4.78, 5) is 0. The van der Waals surface area contributed by atoms with E-state index in [2.05, 4.69) is 61.4 Å². The van der Waals surface area contributed by atoms with Crippen molar-refractivity contribution < 1.29 is 0 Å². The van der Waals surface area contributed by atoms with E-state index in [1.165, 1.54) is 22.3 Å². The molecule has 2 rings (SSSR count). The topological polar surface area (TPSA) is 40.7 Å².